The van der Waals surface area contributed by atoms with Gasteiger partial charge in [-0.2, -0.15) is 0 Å². The predicted molar refractivity (Wildman–Crippen MR) is 77.7 cm³/mol. The average molecular weight is 261 g/mol. The van der Waals surface area contributed by atoms with Gasteiger partial charge in [0.1, 0.15) is 0 Å². The molecule has 2 amide bonds. The predicted octanol–water partition coefficient (Wildman–Crippen LogP) is 2.70. The lowest BCUT2D eigenvalue weighted by Gasteiger charge is -2.31. The number of nitrogens with two attached hydrogens (primary N) is 1. The number of nitrogens with zero attached hydrogens (tertiary/aromatic N) is 2. The van der Waals surface area contributed by atoms with Crippen LogP contribution in [-0.2, 0) is 6.54 Å². The Kier molecular flexibility index (Phi) is 4.30. The Hall–Kier alpha value is -1.71. The monoisotopic (exact) mass is 261 g/mol. The summed E-state index contributed by atoms with van der Waals surface area (Å²) in [6, 6.07) is 8.06. The van der Waals surface area contributed by atoms with Gasteiger partial charge in [-0.1, -0.05) is 18.2 Å². The Morgan fingerprint density at radius 3 is 2.53 bits per heavy atom. The number of carbonyl (C=O) groups is 1. The van der Waals surface area contributed by atoms with Crippen LogP contribution in [0.5, 0.6) is 0 Å². The third-order valence-corrected chi connectivity index (χ3v) is 3.64. The van der Waals surface area contributed by atoms with Crippen molar-refractivity contribution in [2.24, 2.45) is 0 Å². The summed E-state index contributed by atoms with van der Waals surface area (Å²) < 4.78 is 0. The first kappa shape index (κ1) is 13.7. The highest BCUT2D eigenvalue weighted by Gasteiger charge is 2.25. The van der Waals surface area contributed by atoms with Gasteiger partial charge in [0.05, 0.1) is 0 Å². The molecule has 0 aliphatic carbocycles. The summed E-state index contributed by atoms with van der Waals surface area (Å²) in [5.74, 6) is 0. The molecule has 2 N–H and O–H groups in total. The largest absolute Gasteiger partial charge is 0.398 e. The van der Waals surface area contributed by atoms with E-state index in [9.17, 15) is 4.79 Å². The molecule has 0 saturated carbocycles. The molecule has 4 nitrogen and oxygen atoms in total. The Labute approximate surface area is 115 Å². The lowest BCUT2D eigenvalue weighted by Crippen LogP contribution is -2.44. The van der Waals surface area contributed by atoms with E-state index in [1.54, 1.807) is 0 Å². The Morgan fingerprint density at radius 2 is 1.95 bits per heavy atom. The van der Waals surface area contributed by atoms with Crippen LogP contribution in [-0.4, -0.2) is 35.0 Å². The quantitative estimate of drug-likeness (QED) is 0.850. The van der Waals surface area contributed by atoms with Crippen molar-refractivity contribution < 1.29 is 4.79 Å². The van der Waals surface area contributed by atoms with Crippen molar-refractivity contribution in [3.8, 4) is 0 Å². The normalized spacial score (nSPS) is 15.0. The second-order valence-corrected chi connectivity index (χ2v) is 5.40. The van der Waals surface area contributed by atoms with Gasteiger partial charge in [0.2, 0.25) is 0 Å². The number of benzene rings is 1. The van der Waals surface area contributed by atoms with Crippen LogP contribution >= 0.6 is 0 Å². The molecule has 4 heteroatoms. The van der Waals surface area contributed by atoms with Crippen molar-refractivity contribution in [1.82, 2.24) is 9.80 Å². The minimum absolute atomic E-state index is 0.135. The van der Waals surface area contributed by atoms with Crippen molar-refractivity contribution in [2.45, 2.75) is 39.3 Å². The second kappa shape index (κ2) is 5.95. The van der Waals surface area contributed by atoms with Crippen LogP contribution < -0.4 is 5.73 Å². The van der Waals surface area contributed by atoms with Crippen molar-refractivity contribution >= 4 is 11.7 Å². The molecule has 2 rings (SSSR count). The van der Waals surface area contributed by atoms with Crippen LogP contribution in [0.25, 0.3) is 0 Å². The molecular formula is C15H23N3O. The van der Waals surface area contributed by atoms with E-state index < -0.39 is 0 Å². The number of anilines is 1. The first-order valence-electron chi connectivity index (χ1n) is 6.98. The fraction of sp³-hybridized carbons (Fsp3) is 0.533. The Morgan fingerprint density at radius 1 is 1.32 bits per heavy atom. The maximum absolute atomic E-state index is 12.5. The van der Waals surface area contributed by atoms with Crippen LogP contribution in [0.3, 0.4) is 0 Å². The van der Waals surface area contributed by atoms with Gasteiger partial charge < -0.3 is 15.5 Å². The lowest BCUT2D eigenvalue weighted by atomic mass is 10.1. The van der Waals surface area contributed by atoms with Gasteiger partial charge in [-0.3, -0.25) is 0 Å². The summed E-state index contributed by atoms with van der Waals surface area (Å²) in [4.78, 5) is 16.4. The zero-order valence-corrected chi connectivity index (χ0v) is 11.8. The van der Waals surface area contributed by atoms with Gasteiger partial charge in [0.15, 0.2) is 0 Å². The fourth-order valence-corrected chi connectivity index (χ4v) is 2.42. The third-order valence-electron chi connectivity index (χ3n) is 3.64. The Balaban J connectivity index is 2.12. The van der Waals surface area contributed by atoms with E-state index in [0.29, 0.717) is 6.54 Å². The first-order chi connectivity index (χ1) is 9.09. The van der Waals surface area contributed by atoms with Gasteiger partial charge in [0, 0.05) is 31.4 Å². The number of carbonyl (C=O) groups excluding carboxylic acids is 1. The van der Waals surface area contributed by atoms with Gasteiger partial charge in [-0.05, 0) is 38.3 Å². The highest BCUT2D eigenvalue weighted by molar-refractivity contribution is 5.75. The van der Waals surface area contributed by atoms with E-state index in [2.05, 4.69) is 0 Å². The van der Waals surface area contributed by atoms with Gasteiger partial charge in [-0.25, -0.2) is 4.79 Å². The minimum atomic E-state index is 0.135. The smallest absolute Gasteiger partial charge is 0.320 e. The number of amides is 2. The van der Waals surface area contributed by atoms with E-state index in [-0.39, 0.29) is 12.1 Å². The molecule has 19 heavy (non-hydrogen) atoms. The molecule has 1 aromatic carbocycles. The highest BCUT2D eigenvalue weighted by atomic mass is 16.2. The zero-order chi connectivity index (χ0) is 13.8. The van der Waals surface area contributed by atoms with Crippen molar-refractivity contribution in [1.29, 1.82) is 0 Å². The van der Waals surface area contributed by atoms with Gasteiger partial charge >= 0.3 is 6.03 Å². The molecule has 0 atom stereocenters. The number of rotatable bonds is 3. The van der Waals surface area contributed by atoms with Crippen molar-refractivity contribution in [3.05, 3.63) is 29.8 Å². The van der Waals surface area contributed by atoms with E-state index in [1.807, 2.05) is 47.9 Å². The molecular weight excluding hydrogens is 238 g/mol. The van der Waals surface area contributed by atoms with Crippen LogP contribution in [0.1, 0.15) is 32.3 Å². The summed E-state index contributed by atoms with van der Waals surface area (Å²) in [6.45, 7) is 6.44. The lowest BCUT2D eigenvalue weighted by molar-refractivity contribution is 0.145. The maximum Gasteiger partial charge on any atom is 0.320 e. The van der Waals surface area contributed by atoms with E-state index in [0.717, 1.165) is 37.2 Å². The molecule has 1 aliphatic rings. The van der Waals surface area contributed by atoms with E-state index in [1.165, 1.54) is 0 Å². The molecule has 0 radical (unpaired) electrons. The van der Waals surface area contributed by atoms with Crippen molar-refractivity contribution in [3.63, 3.8) is 0 Å². The van der Waals surface area contributed by atoms with Crippen LogP contribution in [0, 0.1) is 0 Å². The summed E-state index contributed by atoms with van der Waals surface area (Å²) in [7, 11) is 0. The minimum Gasteiger partial charge on any atom is -0.398 e. The molecule has 104 valence electrons. The number of hydrogen-bond donors (Lipinski definition) is 1. The average Bonchev–Trinajstić information content (AvgIpc) is 2.90. The van der Waals surface area contributed by atoms with Gasteiger partial charge in [0.25, 0.3) is 0 Å². The van der Waals surface area contributed by atoms with E-state index in [4.69, 9.17) is 5.73 Å². The molecule has 1 fully saturated rings. The molecule has 0 unspecified atom stereocenters. The maximum atomic E-state index is 12.5. The number of para-hydroxylation sites is 1. The van der Waals surface area contributed by atoms with Crippen molar-refractivity contribution in [2.75, 3.05) is 18.8 Å². The highest BCUT2D eigenvalue weighted by Crippen LogP contribution is 2.18. The van der Waals surface area contributed by atoms with Crippen LogP contribution in [0.2, 0.25) is 0 Å². The molecule has 1 saturated heterocycles. The molecule has 1 heterocycles. The standard InChI is InChI=1S/C15H23N3O/c1-12(2)18(15(19)17-9-5-6-10-17)11-13-7-3-4-8-14(13)16/h3-4,7-8,12H,5-6,9-11,16H2,1-2H3. The molecule has 0 spiro atoms. The first-order valence-corrected chi connectivity index (χ1v) is 6.98. The summed E-state index contributed by atoms with van der Waals surface area (Å²) in [6.07, 6.45) is 2.23. The SMILES string of the molecule is CC(C)N(Cc1ccccc1N)C(=O)N1CCCC1. The summed E-state index contributed by atoms with van der Waals surface area (Å²) >= 11 is 0. The third kappa shape index (κ3) is 3.19. The number of likely N-dealkylation sites (tertiary alicyclic amines) is 1. The fourth-order valence-electron chi connectivity index (χ4n) is 2.42. The number of hydrogen-bond acceptors (Lipinski definition) is 2. The molecule has 0 bridgehead atoms. The molecule has 1 aliphatic heterocycles. The molecule has 1 aromatic rings. The second-order valence-electron chi connectivity index (χ2n) is 5.40. The molecule has 0 aromatic heterocycles. The van der Waals surface area contributed by atoms with E-state index >= 15 is 0 Å². The Bertz CT molecular complexity index is 439. The summed E-state index contributed by atoms with van der Waals surface area (Å²) in [5.41, 5.74) is 7.74. The van der Waals surface area contributed by atoms with Gasteiger partial charge in [-0.15, -0.1) is 0 Å². The topological polar surface area (TPSA) is 49.6 Å². The van der Waals surface area contributed by atoms with Crippen LogP contribution in [0.15, 0.2) is 24.3 Å². The zero-order valence-electron chi connectivity index (χ0n) is 11.8. The number of urea groups is 1. The van der Waals surface area contributed by atoms with Crippen LogP contribution in [0.4, 0.5) is 10.5 Å². The summed E-state index contributed by atoms with van der Waals surface area (Å²) in [5, 5.41) is 0. The number of nitrogen functional groups attached to an aromatic ring is 1.